The van der Waals surface area contributed by atoms with Crippen molar-refractivity contribution < 1.29 is 13.5 Å². The summed E-state index contributed by atoms with van der Waals surface area (Å²) in [6.07, 6.45) is 3.82. The van der Waals surface area contributed by atoms with Crippen molar-refractivity contribution in [2.24, 2.45) is 0 Å². The number of ether oxygens (including phenoxy) is 1. The maximum atomic E-state index is 15.9. The molecule has 2 aromatic heterocycles. The fraction of sp³-hybridized carbons (Fsp3) is 0.292. The summed E-state index contributed by atoms with van der Waals surface area (Å²) in [6, 6.07) is 10.9. The highest BCUT2D eigenvalue weighted by molar-refractivity contribution is 5.99. The van der Waals surface area contributed by atoms with Crippen molar-refractivity contribution in [3.63, 3.8) is 0 Å². The zero-order valence-corrected chi connectivity index (χ0v) is 17.5. The van der Waals surface area contributed by atoms with Gasteiger partial charge in [-0.25, -0.2) is 8.78 Å². The zero-order valence-electron chi connectivity index (χ0n) is 17.5. The van der Waals surface area contributed by atoms with Crippen LogP contribution in [0.1, 0.15) is 12.8 Å². The molecule has 0 saturated carbocycles. The molecule has 0 aliphatic carbocycles. The van der Waals surface area contributed by atoms with E-state index in [1.165, 1.54) is 13.2 Å². The van der Waals surface area contributed by atoms with Crippen LogP contribution in [0, 0.1) is 11.6 Å². The van der Waals surface area contributed by atoms with E-state index in [4.69, 9.17) is 4.74 Å². The van der Waals surface area contributed by atoms with Gasteiger partial charge in [0.15, 0.2) is 5.82 Å². The quantitative estimate of drug-likeness (QED) is 0.526. The molecule has 2 atom stereocenters. The molecule has 2 saturated heterocycles. The Balaban J connectivity index is 1.56. The van der Waals surface area contributed by atoms with Crippen LogP contribution in [0.2, 0.25) is 0 Å². The van der Waals surface area contributed by atoms with E-state index < -0.39 is 11.6 Å². The number of halogens is 2. The summed E-state index contributed by atoms with van der Waals surface area (Å²) < 4.78 is 35.9. The van der Waals surface area contributed by atoms with Gasteiger partial charge in [0.05, 0.1) is 12.5 Å². The number of pyridine rings is 1. The van der Waals surface area contributed by atoms with E-state index in [1.54, 1.807) is 36.5 Å². The number of nitrogens with zero attached hydrogens (tertiary/aromatic N) is 4. The Morgan fingerprint density at radius 1 is 1.03 bits per heavy atom. The van der Waals surface area contributed by atoms with Gasteiger partial charge in [-0.3, -0.25) is 4.98 Å². The predicted octanol–water partition coefficient (Wildman–Crippen LogP) is 4.07. The number of hydrogen-bond acceptors (Lipinski definition) is 6. The van der Waals surface area contributed by atoms with Gasteiger partial charge in [-0.2, -0.15) is 9.97 Å². The van der Waals surface area contributed by atoms with Crippen LogP contribution in [0.5, 0.6) is 6.01 Å². The summed E-state index contributed by atoms with van der Waals surface area (Å²) in [5.74, 6) is -0.415. The zero-order chi connectivity index (χ0) is 21.8. The maximum Gasteiger partial charge on any atom is 0.318 e. The van der Waals surface area contributed by atoms with Gasteiger partial charge in [-0.1, -0.05) is 30.3 Å². The summed E-state index contributed by atoms with van der Waals surface area (Å²) in [5, 5.41) is 5.13. The maximum absolute atomic E-state index is 15.9. The molecule has 1 N–H and O–H groups in total. The molecule has 162 valence electrons. The van der Waals surface area contributed by atoms with Crippen molar-refractivity contribution in [1.82, 2.24) is 20.3 Å². The Bertz CT molecular complexity index is 1340. The number of piperazine rings is 1. The van der Waals surface area contributed by atoms with Gasteiger partial charge in [0, 0.05) is 42.3 Å². The molecule has 8 heteroatoms. The third-order valence-corrected chi connectivity index (χ3v) is 6.45. The molecule has 4 heterocycles. The van der Waals surface area contributed by atoms with Crippen LogP contribution in [0.15, 0.2) is 42.6 Å². The molecule has 0 radical (unpaired) electrons. The second-order valence-electron chi connectivity index (χ2n) is 8.40. The van der Waals surface area contributed by atoms with Crippen molar-refractivity contribution in [3.05, 3.63) is 54.2 Å². The monoisotopic (exact) mass is 433 g/mol. The second-order valence-corrected chi connectivity index (χ2v) is 8.40. The molecule has 2 fully saturated rings. The Hall–Kier alpha value is -3.39. The Kier molecular flexibility index (Phi) is 4.43. The summed E-state index contributed by atoms with van der Waals surface area (Å²) in [7, 11) is 1.46. The fourth-order valence-corrected chi connectivity index (χ4v) is 5.00. The second kappa shape index (κ2) is 7.34. The predicted molar refractivity (Wildman–Crippen MR) is 119 cm³/mol. The topological polar surface area (TPSA) is 63.2 Å². The van der Waals surface area contributed by atoms with E-state index in [9.17, 15) is 4.39 Å². The lowest BCUT2D eigenvalue weighted by Gasteiger charge is -2.34. The third kappa shape index (κ3) is 2.97. The van der Waals surface area contributed by atoms with Crippen LogP contribution in [0.3, 0.4) is 0 Å². The summed E-state index contributed by atoms with van der Waals surface area (Å²) in [5.41, 5.74) is 0.565. The van der Waals surface area contributed by atoms with Gasteiger partial charge in [0.2, 0.25) is 0 Å². The molecule has 0 amide bonds. The van der Waals surface area contributed by atoms with Crippen LogP contribution in [-0.2, 0) is 0 Å². The van der Waals surface area contributed by atoms with Gasteiger partial charge in [0.25, 0.3) is 0 Å². The number of nitrogens with one attached hydrogen (secondary N) is 1. The van der Waals surface area contributed by atoms with Crippen LogP contribution < -0.4 is 15.0 Å². The Labute approximate surface area is 183 Å². The van der Waals surface area contributed by atoms with Crippen LogP contribution in [0.4, 0.5) is 14.6 Å². The average Bonchev–Trinajstić information content (AvgIpc) is 3.16. The van der Waals surface area contributed by atoms with Crippen molar-refractivity contribution >= 4 is 27.5 Å². The minimum absolute atomic E-state index is 0.0558. The minimum atomic E-state index is -0.613. The minimum Gasteiger partial charge on any atom is -0.467 e. The van der Waals surface area contributed by atoms with Crippen molar-refractivity contribution in [1.29, 1.82) is 0 Å². The van der Waals surface area contributed by atoms with Gasteiger partial charge in [-0.05, 0) is 24.3 Å². The molecular formula is C24H21F2N5O. The summed E-state index contributed by atoms with van der Waals surface area (Å²) in [4.78, 5) is 15.4. The molecular weight excluding hydrogens is 412 g/mol. The lowest BCUT2D eigenvalue weighted by atomic mass is 10.0. The number of rotatable bonds is 3. The first-order valence-electron chi connectivity index (χ1n) is 10.7. The van der Waals surface area contributed by atoms with Crippen LogP contribution in [-0.4, -0.2) is 47.2 Å². The van der Waals surface area contributed by atoms with Crippen molar-refractivity contribution in [2.75, 3.05) is 25.1 Å². The standard InChI is InChI=1S/C24H21F2N5O/c1-32-24-29-22-17(23(30-24)31-11-14-8-9-15(12-31)28-14)10-27-21(20(22)26)16-6-2-4-13-5-3-7-18(25)19(13)16/h2-7,10,14-15,28H,8-9,11-12H2,1H3. The average molecular weight is 433 g/mol. The molecule has 4 aromatic rings. The number of aromatic nitrogens is 3. The smallest absolute Gasteiger partial charge is 0.318 e. The van der Waals surface area contributed by atoms with Crippen molar-refractivity contribution in [3.8, 4) is 17.3 Å². The highest BCUT2D eigenvalue weighted by Crippen LogP contribution is 2.36. The number of methoxy groups -OCH3 is 1. The molecule has 6 rings (SSSR count). The van der Waals surface area contributed by atoms with Gasteiger partial charge in [0.1, 0.15) is 22.8 Å². The largest absolute Gasteiger partial charge is 0.467 e. The highest BCUT2D eigenvalue weighted by atomic mass is 19.1. The molecule has 6 nitrogen and oxygen atoms in total. The van der Waals surface area contributed by atoms with E-state index in [-0.39, 0.29) is 17.2 Å². The van der Waals surface area contributed by atoms with E-state index in [0.717, 1.165) is 25.9 Å². The Morgan fingerprint density at radius 3 is 2.53 bits per heavy atom. The van der Waals surface area contributed by atoms with E-state index in [1.807, 2.05) is 0 Å². The van der Waals surface area contributed by atoms with Crippen molar-refractivity contribution in [2.45, 2.75) is 24.9 Å². The molecule has 2 unspecified atom stereocenters. The molecule has 2 aliphatic rings. The lowest BCUT2D eigenvalue weighted by molar-refractivity contribution is 0.380. The Morgan fingerprint density at radius 2 is 1.78 bits per heavy atom. The lowest BCUT2D eigenvalue weighted by Crippen LogP contribution is -2.51. The summed E-state index contributed by atoms with van der Waals surface area (Å²) >= 11 is 0. The fourth-order valence-electron chi connectivity index (χ4n) is 5.00. The molecule has 2 aromatic carbocycles. The number of fused-ring (bicyclic) bond motifs is 4. The van der Waals surface area contributed by atoms with Crippen LogP contribution >= 0.6 is 0 Å². The first-order chi connectivity index (χ1) is 15.6. The normalized spacial score (nSPS) is 20.3. The van der Waals surface area contributed by atoms with E-state index in [0.29, 0.717) is 39.6 Å². The van der Waals surface area contributed by atoms with E-state index >= 15 is 4.39 Å². The molecule has 2 aliphatic heterocycles. The van der Waals surface area contributed by atoms with Crippen LogP contribution in [0.25, 0.3) is 32.9 Å². The number of hydrogen-bond donors (Lipinski definition) is 1. The summed E-state index contributed by atoms with van der Waals surface area (Å²) in [6.45, 7) is 1.56. The van der Waals surface area contributed by atoms with Gasteiger partial charge >= 0.3 is 6.01 Å². The number of benzene rings is 2. The van der Waals surface area contributed by atoms with E-state index in [2.05, 4.69) is 25.2 Å². The highest BCUT2D eigenvalue weighted by Gasteiger charge is 2.34. The first kappa shape index (κ1) is 19.3. The molecule has 2 bridgehead atoms. The third-order valence-electron chi connectivity index (χ3n) is 6.45. The first-order valence-corrected chi connectivity index (χ1v) is 10.7. The molecule has 32 heavy (non-hydrogen) atoms. The SMILES string of the molecule is COc1nc(N2CC3CCC(C2)N3)c2cnc(-c3cccc4cccc(F)c34)c(F)c2n1. The molecule has 0 spiro atoms. The number of anilines is 1. The van der Waals surface area contributed by atoms with Gasteiger partial charge < -0.3 is 15.0 Å². The van der Waals surface area contributed by atoms with Gasteiger partial charge in [-0.15, -0.1) is 0 Å².